The van der Waals surface area contributed by atoms with Gasteiger partial charge in [0.25, 0.3) is 0 Å². The van der Waals surface area contributed by atoms with E-state index in [1.54, 1.807) is 39.5 Å². The van der Waals surface area contributed by atoms with Crippen molar-refractivity contribution in [3.63, 3.8) is 0 Å². The van der Waals surface area contributed by atoms with E-state index in [-0.39, 0.29) is 11.7 Å². The number of allylic oxidation sites excluding steroid dienone is 4. The maximum absolute atomic E-state index is 14.5. The second-order valence-corrected chi connectivity index (χ2v) is 5.56. The van der Waals surface area contributed by atoms with Crippen LogP contribution in [0.4, 0.5) is 4.39 Å². The van der Waals surface area contributed by atoms with Crippen molar-refractivity contribution in [2.24, 2.45) is 5.92 Å². The van der Waals surface area contributed by atoms with Crippen LogP contribution in [-0.4, -0.2) is 21.3 Å². The number of methoxy groups -OCH3 is 3. The molecule has 0 N–H and O–H groups in total. The molecule has 1 aromatic rings. The van der Waals surface area contributed by atoms with Crippen LogP contribution in [0.1, 0.15) is 32.3 Å². The third-order valence-corrected chi connectivity index (χ3v) is 3.95. The molecule has 4 heteroatoms. The Morgan fingerprint density at radius 2 is 1.59 bits per heavy atom. The molecule has 120 valence electrons. The normalized spacial score (nSPS) is 15.0. The predicted molar refractivity (Wildman–Crippen MR) is 86.3 cm³/mol. The summed E-state index contributed by atoms with van der Waals surface area (Å²) in [7, 11) is 4.68. The Balaban J connectivity index is 2.67. The van der Waals surface area contributed by atoms with Gasteiger partial charge in [0.05, 0.1) is 21.3 Å². The summed E-state index contributed by atoms with van der Waals surface area (Å²) in [6, 6.07) is 3.61. The number of benzene rings is 1. The zero-order chi connectivity index (χ0) is 16.3. The molecule has 0 atom stereocenters. The summed E-state index contributed by atoms with van der Waals surface area (Å²) in [6.45, 7) is 4.18. The van der Waals surface area contributed by atoms with Crippen molar-refractivity contribution in [1.82, 2.24) is 0 Å². The summed E-state index contributed by atoms with van der Waals surface area (Å²) in [4.78, 5) is 0. The first-order chi connectivity index (χ1) is 10.5. The van der Waals surface area contributed by atoms with E-state index in [9.17, 15) is 4.39 Å². The first kappa shape index (κ1) is 16.4. The molecule has 0 unspecified atom stereocenters. The highest BCUT2D eigenvalue weighted by atomic mass is 19.1. The predicted octanol–water partition coefficient (Wildman–Crippen LogP) is 4.77. The molecule has 0 saturated heterocycles. The van der Waals surface area contributed by atoms with Gasteiger partial charge in [0.1, 0.15) is 5.83 Å². The molecule has 0 fully saturated rings. The first-order valence-electron chi connectivity index (χ1n) is 7.42. The van der Waals surface area contributed by atoms with Gasteiger partial charge in [-0.3, -0.25) is 0 Å². The van der Waals surface area contributed by atoms with Crippen molar-refractivity contribution in [3.05, 3.63) is 35.2 Å². The third kappa shape index (κ3) is 2.96. The minimum atomic E-state index is -0.177. The van der Waals surface area contributed by atoms with E-state index < -0.39 is 0 Å². The van der Waals surface area contributed by atoms with Crippen molar-refractivity contribution >= 4 is 5.57 Å². The van der Waals surface area contributed by atoms with Gasteiger partial charge in [0.2, 0.25) is 5.75 Å². The molecule has 0 spiro atoms. The Hall–Kier alpha value is -1.97. The smallest absolute Gasteiger partial charge is 0.203 e. The van der Waals surface area contributed by atoms with E-state index in [2.05, 4.69) is 13.8 Å². The van der Waals surface area contributed by atoms with Crippen LogP contribution in [0.3, 0.4) is 0 Å². The van der Waals surface area contributed by atoms with Crippen molar-refractivity contribution in [3.8, 4) is 17.2 Å². The molecule has 0 radical (unpaired) electrons. The highest BCUT2D eigenvalue weighted by Crippen LogP contribution is 2.44. The van der Waals surface area contributed by atoms with Crippen LogP contribution in [0.25, 0.3) is 5.57 Å². The van der Waals surface area contributed by atoms with Gasteiger partial charge < -0.3 is 14.2 Å². The van der Waals surface area contributed by atoms with Gasteiger partial charge in [-0.15, -0.1) is 0 Å². The fraction of sp³-hybridized carbons (Fsp3) is 0.444. The van der Waals surface area contributed by atoms with Gasteiger partial charge >= 0.3 is 0 Å². The van der Waals surface area contributed by atoms with Crippen LogP contribution < -0.4 is 14.2 Å². The Morgan fingerprint density at radius 1 is 1.00 bits per heavy atom. The molecule has 0 saturated carbocycles. The lowest BCUT2D eigenvalue weighted by Gasteiger charge is -2.22. The average Bonchev–Trinajstić information content (AvgIpc) is 2.52. The van der Waals surface area contributed by atoms with Gasteiger partial charge in [-0.1, -0.05) is 19.4 Å². The van der Waals surface area contributed by atoms with E-state index in [1.807, 2.05) is 0 Å². The minimum absolute atomic E-state index is 0.177. The number of hydrogen-bond donors (Lipinski definition) is 0. The molecule has 3 nitrogen and oxygen atoms in total. The molecule has 0 aromatic heterocycles. The lowest BCUT2D eigenvalue weighted by Crippen LogP contribution is -2.05. The standard InChI is InChI=1S/C18H23FO3/c1-11(2)13-7-6-8-14(19)17(13)12-9-15(20-3)18(22-5)16(10-12)21-4/h8-11H,6-7H2,1-5H3. The summed E-state index contributed by atoms with van der Waals surface area (Å²) in [5.41, 5.74) is 2.53. The molecular weight excluding hydrogens is 283 g/mol. The molecule has 1 aliphatic carbocycles. The fourth-order valence-corrected chi connectivity index (χ4v) is 2.86. The Morgan fingerprint density at radius 3 is 2.05 bits per heavy atom. The zero-order valence-electron chi connectivity index (χ0n) is 13.8. The highest BCUT2D eigenvalue weighted by molar-refractivity contribution is 5.83. The van der Waals surface area contributed by atoms with Crippen LogP contribution in [-0.2, 0) is 0 Å². The topological polar surface area (TPSA) is 27.7 Å². The van der Waals surface area contributed by atoms with Gasteiger partial charge in [-0.05, 0) is 42.5 Å². The summed E-state index contributed by atoms with van der Waals surface area (Å²) in [6.07, 6.45) is 3.26. The SMILES string of the molecule is COc1cc(C2=C(C(C)C)CCC=C2F)cc(OC)c1OC. The van der Waals surface area contributed by atoms with Gasteiger partial charge in [0.15, 0.2) is 11.5 Å². The highest BCUT2D eigenvalue weighted by Gasteiger charge is 2.23. The van der Waals surface area contributed by atoms with Gasteiger partial charge in [-0.25, -0.2) is 4.39 Å². The van der Waals surface area contributed by atoms with E-state index in [4.69, 9.17) is 14.2 Å². The van der Waals surface area contributed by atoms with Crippen molar-refractivity contribution < 1.29 is 18.6 Å². The molecule has 0 aliphatic heterocycles. The van der Waals surface area contributed by atoms with Crippen molar-refractivity contribution in [2.75, 3.05) is 21.3 Å². The summed E-state index contributed by atoms with van der Waals surface area (Å²) < 4.78 is 30.6. The second-order valence-electron chi connectivity index (χ2n) is 5.56. The van der Waals surface area contributed by atoms with Crippen molar-refractivity contribution in [2.45, 2.75) is 26.7 Å². The van der Waals surface area contributed by atoms with Crippen molar-refractivity contribution in [1.29, 1.82) is 0 Å². The number of halogens is 1. The van der Waals surface area contributed by atoms with Crippen LogP contribution >= 0.6 is 0 Å². The molecule has 22 heavy (non-hydrogen) atoms. The van der Waals surface area contributed by atoms with Gasteiger partial charge in [-0.2, -0.15) is 0 Å². The largest absolute Gasteiger partial charge is 0.493 e. The first-order valence-corrected chi connectivity index (χ1v) is 7.42. The Bertz CT molecular complexity index is 590. The van der Waals surface area contributed by atoms with E-state index >= 15 is 0 Å². The fourth-order valence-electron chi connectivity index (χ4n) is 2.86. The summed E-state index contributed by atoms with van der Waals surface area (Å²) >= 11 is 0. The molecular formula is C18H23FO3. The van der Waals surface area contributed by atoms with E-state index in [0.717, 1.165) is 24.0 Å². The minimum Gasteiger partial charge on any atom is -0.493 e. The number of hydrogen-bond acceptors (Lipinski definition) is 3. The Kier molecular flexibility index (Phi) is 5.11. The zero-order valence-corrected chi connectivity index (χ0v) is 13.8. The third-order valence-electron chi connectivity index (χ3n) is 3.95. The molecule has 1 aliphatic rings. The van der Waals surface area contributed by atoms with Gasteiger partial charge in [0, 0.05) is 5.57 Å². The monoisotopic (exact) mass is 306 g/mol. The van der Waals surface area contributed by atoms with E-state index in [1.165, 1.54) is 0 Å². The summed E-state index contributed by atoms with van der Waals surface area (Å²) in [5, 5.41) is 0. The Labute approximate surface area is 131 Å². The van der Waals surface area contributed by atoms with E-state index in [0.29, 0.717) is 22.8 Å². The molecule has 0 heterocycles. The lowest BCUT2D eigenvalue weighted by molar-refractivity contribution is 0.324. The molecule has 0 bridgehead atoms. The van der Waals surface area contributed by atoms with Crippen LogP contribution in [0.5, 0.6) is 17.2 Å². The molecule has 0 amide bonds. The van der Waals surface area contributed by atoms with Crippen LogP contribution in [0.15, 0.2) is 29.6 Å². The number of ether oxygens (including phenoxy) is 3. The number of rotatable bonds is 5. The summed E-state index contributed by atoms with van der Waals surface area (Å²) in [5.74, 6) is 1.69. The van der Waals surface area contributed by atoms with Crippen LogP contribution in [0, 0.1) is 5.92 Å². The lowest BCUT2D eigenvalue weighted by atomic mass is 9.85. The molecule has 2 rings (SSSR count). The maximum Gasteiger partial charge on any atom is 0.203 e. The maximum atomic E-state index is 14.5. The molecule has 1 aromatic carbocycles. The van der Waals surface area contributed by atoms with Crippen LogP contribution in [0.2, 0.25) is 0 Å². The quantitative estimate of drug-likeness (QED) is 0.784. The average molecular weight is 306 g/mol. The second kappa shape index (κ2) is 6.86.